The van der Waals surface area contributed by atoms with Crippen LogP contribution in [-0.4, -0.2) is 43.8 Å². The minimum atomic E-state index is -0.0733. The van der Waals surface area contributed by atoms with Crippen molar-refractivity contribution in [3.05, 3.63) is 0 Å². The molecular weight excluding hydrogens is 200 g/mol. The Bertz CT molecular complexity index is 189. The molecule has 0 bridgehead atoms. The van der Waals surface area contributed by atoms with E-state index in [1.807, 2.05) is 0 Å². The molecule has 16 heavy (non-hydrogen) atoms. The Morgan fingerprint density at radius 2 is 2.12 bits per heavy atom. The first-order valence-corrected chi connectivity index (χ1v) is 6.51. The van der Waals surface area contributed by atoms with Crippen LogP contribution in [0.2, 0.25) is 0 Å². The Kier molecular flexibility index (Phi) is 5.73. The Morgan fingerprint density at radius 1 is 1.38 bits per heavy atom. The lowest BCUT2D eigenvalue weighted by molar-refractivity contribution is 0.153. The molecule has 1 aliphatic heterocycles. The van der Waals surface area contributed by atoms with Gasteiger partial charge in [0.1, 0.15) is 0 Å². The van der Waals surface area contributed by atoms with Gasteiger partial charge in [-0.25, -0.2) is 0 Å². The lowest BCUT2D eigenvalue weighted by atomic mass is 9.99. The van der Waals surface area contributed by atoms with Gasteiger partial charge in [-0.1, -0.05) is 6.42 Å². The van der Waals surface area contributed by atoms with Crippen molar-refractivity contribution in [2.75, 3.05) is 33.4 Å². The molecular formula is C13H28N2O. The van der Waals surface area contributed by atoms with E-state index >= 15 is 0 Å². The highest BCUT2D eigenvalue weighted by Gasteiger charge is 2.22. The second kappa shape index (κ2) is 6.58. The molecule has 1 atom stereocenters. The van der Waals surface area contributed by atoms with Gasteiger partial charge in [-0.2, -0.15) is 0 Å². The summed E-state index contributed by atoms with van der Waals surface area (Å²) in [6, 6.07) is 0. The van der Waals surface area contributed by atoms with Crippen molar-refractivity contribution in [1.82, 2.24) is 4.90 Å². The van der Waals surface area contributed by atoms with E-state index in [0.717, 1.165) is 19.1 Å². The van der Waals surface area contributed by atoms with Gasteiger partial charge in [0, 0.05) is 32.3 Å². The van der Waals surface area contributed by atoms with Gasteiger partial charge < -0.3 is 15.4 Å². The molecule has 0 spiro atoms. The van der Waals surface area contributed by atoms with Crippen molar-refractivity contribution >= 4 is 0 Å². The molecule has 1 unspecified atom stereocenters. The fourth-order valence-electron chi connectivity index (χ4n) is 2.56. The Hall–Kier alpha value is -0.120. The van der Waals surface area contributed by atoms with Crippen LogP contribution in [0.3, 0.4) is 0 Å². The third-order valence-electron chi connectivity index (χ3n) is 3.21. The first-order chi connectivity index (χ1) is 7.51. The van der Waals surface area contributed by atoms with Crippen molar-refractivity contribution in [1.29, 1.82) is 0 Å². The maximum absolute atomic E-state index is 6.10. The first-order valence-electron chi connectivity index (χ1n) is 6.51. The average molecular weight is 228 g/mol. The lowest BCUT2D eigenvalue weighted by Crippen LogP contribution is -2.46. The highest BCUT2D eigenvalue weighted by atomic mass is 16.5. The summed E-state index contributed by atoms with van der Waals surface area (Å²) in [5.74, 6) is 0.796. The molecule has 1 fully saturated rings. The van der Waals surface area contributed by atoms with E-state index < -0.39 is 0 Å². The van der Waals surface area contributed by atoms with Gasteiger partial charge in [0.25, 0.3) is 0 Å². The zero-order valence-electron chi connectivity index (χ0n) is 11.2. The molecule has 1 rings (SSSR count). The van der Waals surface area contributed by atoms with Crippen molar-refractivity contribution in [2.24, 2.45) is 11.7 Å². The van der Waals surface area contributed by atoms with Gasteiger partial charge in [0.05, 0.1) is 0 Å². The molecule has 1 heterocycles. The van der Waals surface area contributed by atoms with E-state index in [9.17, 15) is 0 Å². The largest absolute Gasteiger partial charge is 0.385 e. The van der Waals surface area contributed by atoms with Crippen LogP contribution in [-0.2, 0) is 4.74 Å². The van der Waals surface area contributed by atoms with Crippen molar-refractivity contribution < 1.29 is 4.74 Å². The minimum Gasteiger partial charge on any atom is -0.385 e. The van der Waals surface area contributed by atoms with Crippen LogP contribution in [0.1, 0.15) is 39.5 Å². The van der Waals surface area contributed by atoms with E-state index in [1.165, 1.54) is 38.8 Å². The smallest absolute Gasteiger partial charge is 0.0465 e. The molecule has 0 amide bonds. The molecule has 3 heteroatoms. The Morgan fingerprint density at radius 3 is 2.75 bits per heavy atom. The maximum atomic E-state index is 6.10. The Labute approximate surface area is 100 Å². The predicted octanol–water partition coefficient (Wildman–Crippen LogP) is 1.86. The van der Waals surface area contributed by atoms with Crippen LogP contribution < -0.4 is 5.73 Å². The van der Waals surface area contributed by atoms with Crippen LogP contribution >= 0.6 is 0 Å². The summed E-state index contributed by atoms with van der Waals surface area (Å²) in [5.41, 5.74) is 6.02. The SMILES string of the molecule is COCCC1CCCCN(CC(C)(C)N)C1. The van der Waals surface area contributed by atoms with Gasteiger partial charge in [-0.3, -0.25) is 0 Å². The second-order valence-corrected chi connectivity index (χ2v) is 5.87. The van der Waals surface area contributed by atoms with Gasteiger partial charge in [0.15, 0.2) is 0 Å². The fourth-order valence-corrected chi connectivity index (χ4v) is 2.56. The molecule has 3 nitrogen and oxygen atoms in total. The van der Waals surface area contributed by atoms with Crippen LogP contribution in [0.4, 0.5) is 0 Å². The van der Waals surface area contributed by atoms with Gasteiger partial charge in [-0.15, -0.1) is 0 Å². The molecule has 0 aliphatic carbocycles. The number of likely N-dealkylation sites (tertiary alicyclic amines) is 1. The van der Waals surface area contributed by atoms with Crippen LogP contribution in [0.15, 0.2) is 0 Å². The predicted molar refractivity (Wildman–Crippen MR) is 68.5 cm³/mol. The zero-order chi connectivity index (χ0) is 12.0. The number of methoxy groups -OCH3 is 1. The number of hydrogen-bond acceptors (Lipinski definition) is 3. The normalized spacial score (nSPS) is 24.4. The van der Waals surface area contributed by atoms with Crippen molar-refractivity contribution in [3.63, 3.8) is 0 Å². The topological polar surface area (TPSA) is 38.5 Å². The highest BCUT2D eigenvalue weighted by molar-refractivity contribution is 4.80. The number of rotatable bonds is 5. The lowest BCUT2D eigenvalue weighted by Gasteiger charge is -2.30. The standard InChI is InChI=1S/C13H28N2O/c1-13(2,14)11-15-8-5-4-6-12(10-15)7-9-16-3/h12H,4-11,14H2,1-3H3. The van der Waals surface area contributed by atoms with E-state index in [4.69, 9.17) is 10.5 Å². The summed E-state index contributed by atoms with van der Waals surface area (Å²) in [7, 11) is 1.79. The molecule has 2 N–H and O–H groups in total. The third-order valence-corrected chi connectivity index (χ3v) is 3.21. The van der Waals surface area contributed by atoms with E-state index in [-0.39, 0.29) is 5.54 Å². The fraction of sp³-hybridized carbons (Fsp3) is 1.00. The quantitative estimate of drug-likeness (QED) is 0.780. The van der Waals surface area contributed by atoms with Gasteiger partial charge >= 0.3 is 0 Å². The molecule has 96 valence electrons. The van der Waals surface area contributed by atoms with Crippen LogP contribution in [0, 0.1) is 5.92 Å². The molecule has 0 radical (unpaired) electrons. The average Bonchev–Trinajstić information content (AvgIpc) is 2.37. The summed E-state index contributed by atoms with van der Waals surface area (Å²) >= 11 is 0. The summed E-state index contributed by atoms with van der Waals surface area (Å²) in [6.45, 7) is 8.54. The van der Waals surface area contributed by atoms with E-state index in [1.54, 1.807) is 7.11 Å². The summed E-state index contributed by atoms with van der Waals surface area (Å²) in [5, 5.41) is 0. The highest BCUT2D eigenvalue weighted by Crippen LogP contribution is 2.20. The first kappa shape index (κ1) is 13.9. The molecule has 1 saturated heterocycles. The van der Waals surface area contributed by atoms with Crippen molar-refractivity contribution in [2.45, 2.75) is 45.1 Å². The molecule has 1 aliphatic rings. The molecule has 0 aromatic heterocycles. The number of hydrogen-bond donors (Lipinski definition) is 1. The van der Waals surface area contributed by atoms with Gasteiger partial charge in [0.2, 0.25) is 0 Å². The summed E-state index contributed by atoms with van der Waals surface area (Å²) < 4.78 is 5.18. The van der Waals surface area contributed by atoms with E-state index in [0.29, 0.717) is 0 Å². The van der Waals surface area contributed by atoms with E-state index in [2.05, 4.69) is 18.7 Å². The minimum absolute atomic E-state index is 0.0733. The molecule has 0 saturated carbocycles. The maximum Gasteiger partial charge on any atom is 0.0465 e. The number of nitrogens with zero attached hydrogens (tertiary/aromatic N) is 1. The third kappa shape index (κ3) is 5.83. The molecule has 0 aromatic carbocycles. The zero-order valence-corrected chi connectivity index (χ0v) is 11.2. The van der Waals surface area contributed by atoms with Gasteiger partial charge in [-0.05, 0) is 45.6 Å². The Balaban J connectivity index is 2.39. The summed E-state index contributed by atoms with van der Waals surface area (Å²) in [6.07, 6.45) is 5.22. The molecule has 0 aromatic rings. The number of ether oxygens (including phenoxy) is 1. The van der Waals surface area contributed by atoms with Crippen molar-refractivity contribution in [3.8, 4) is 0 Å². The number of nitrogens with two attached hydrogens (primary N) is 1. The second-order valence-electron chi connectivity index (χ2n) is 5.87. The van der Waals surface area contributed by atoms with Crippen LogP contribution in [0.5, 0.6) is 0 Å². The van der Waals surface area contributed by atoms with Crippen LogP contribution in [0.25, 0.3) is 0 Å². The summed E-state index contributed by atoms with van der Waals surface area (Å²) in [4.78, 5) is 2.54. The monoisotopic (exact) mass is 228 g/mol.